The minimum absolute atomic E-state index is 0.0135. The van der Waals surface area contributed by atoms with Crippen LogP contribution < -0.4 is 14.8 Å². The molecule has 3 atom stereocenters. The summed E-state index contributed by atoms with van der Waals surface area (Å²) in [5.41, 5.74) is -1.62. The van der Waals surface area contributed by atoms with E-state index in [1.54, 1.807) is 19.9 Å². The molecule has 9 heteroatoms. The number of hydrogen-bond donors (Lipinski definition) is 2. The number of unbranched alkanes of at least 4 members (excludes halogenated alkanes) is 2. The lowest BCUT2D eigenvalue weighted by molar-refractivity contribution is -0.187. The predicted octanol–water partition coefficient (Wildman–Crippen LogP) is 5.18. The van der Waals surface area contributed by atoms with Crippen molar-refractivity contribution < 1.29 is 38.5 Å². The lowest BCUT2D eigenvalue weighted by atomic mass is 9.99. The zero-order valence-electron chi connectivity index (χ0n) is 23.1. The van der Waals surface area contributed by atoms with Crippen LogP contribution in [0.3, 0.4) is 0 Å². The van der Waals surface area contributed by atoms with Crippen molar-refractivity contribution in [2.24, 2.45) is 5.92 Å². The van der Waals surface area contributed by atoms with Crippen molar-refractivity contribution in [1.82, 2.24) is 5.32 Å². The van der Waals surface area contributed by atoms with Crippen LogP contribution in [0.25, 0.3) is 0 Å². The predicted molar refractivity (Wildman–Crippen MR) is 139 cm³/mol. The van der Waals surface area contributed by atoms with Gasteiger partial charge in [-0.2, -0.15) is 0 Å². The third kappa shape index (κ3) is 10.5. The summed E-state index contributed by atoms with van der Waals surface area (Å²) in [6, 6.07) is 4.22. The summed E-state index contributed by atoms with van der Waals surface area (Å²) in [4.78, 5) is 49.8. The fourth-order valence-corrected chi connectivity index (χ4v) is 3.34. The third-order valence-electron chi connectivity index (χ3n) is 6.10. The van der Waals surface area contributed by atoms with Crippen LogP contribution in [0.1, 0.15) is 98.5 Å². The van der Waals surface area contributed by atoms with Gasteiger partial charge in [-0.25, -0.2) is 4.79 Å². The first kappa shape index (κ1) is 32.1. The maximum atomic E-state index is 12.7. The van der Waals surface area contributed by atoms with Gasteiger partial charge in [-0.1, -0.05) is 53.5 Å². The Bertz CT molecular complexity index is 915. The topological polar surface area (TPSA) is 128 Å². The Hall–Kier alpha value is -2.94. The fraction of sp³-hybridized carbons (Fsp3) is 0.643. The molecule has 0 saturated carbocycles. The van der Waals surface area contributed by atoms with E-state index in [1.807, 2.05) is 27.7 Å². The molecule has 0 aliphatic carbocycles. The summed E-state index contributed by atoms with van der Waals surface area (Å²) in [5.74, 6) is -3.33. The van der Waals surface area contributed by atoms with E-state index in [2.05, 4.69) is 5.32 Å². The van der Waals surface area contributed by atoms with E-state index in [0.29, 0.717) is 31.2 Å². The minimum Gasteiger partial charge on any atom is -0.477 e. The van der Waals surface area contributed by atoms with Gasteiger partial charge in [0.15, 0.2) is 11.5 Å². The normalized spacial score (nSPS) is 14.2. The van der Waals surface area contributed by atoms with E-state index < -0.39 is 35.5 Å². The highest BCUT2D eigenvalue weighted by molar-refractivity contribution is 5.83. The zero-order valence-corrected chi connectivity index (χ0v) is 23.1. The van der Waals surface area contributed by atoms with Crippen molar-refractivity contribution in [2.75, 3.05) is 0 Å². The van der Waals surface area contributed by atoms with Crippen LogP contribution in [0.2, 0.25) is 0 Å². The van der Waals surface area contributed by atoms with E-state index in [-0.39, 0.29) is 36.8 Å². The molecule has 1 aromatic carbocycles. The Balaban J connectivity index is 3.42. The van der Waals surface area contributed by atoms with Gasteiger partial charge in [-0.05, 0) is 50.3 Å². The second-order valence-corrected chi connectivity index (χ2v) is 9.43. The Morgan fingerprint density at radius 2 is 1.46 bits per heavy atom. The molecule has 0 aliphatic rings. The molecule has 37 heavy (non-hydrogen) atoms. The molecule has 0 spiro atoms. The summed E-state index contributed by atoms with van der Waals surface area (Å²) < 4.78 is 16.6. The largest absolute Gasteiger partial charge is 0.477 e. The van der Waals surface area contributed by atoms with Crippen LogP contribution in [0.5, 0.6) is 11.5 Å². The van der Waals surface area contributed by atoms with E-state index >= 15 is 0 Å². The molecular formula is C28H43NO8. The molecule has 0 amide bonds. The monoisotopic (exact) mass is 521 g/mol. The van der Waals surface area contributed by atoms with Crippen LogP contribution in [0.15, 0.2) is 18.2 Å². The maximum Gasteiger partial charge on any atom is 0.364 e. The van der Waals surface area contributed by atoms with Gasteiger partial charge < -0.3 is 19.3 Å². The van der Waals surface area contributed by atoms with Gasteiger partial charge in [-0.15, -0.1) is 0 Å². The summed E-state index contributed by atoms with van der Waals surface area (Å²) in [6.45, 7) is 11.1. The van der Waals surface area contributed by atoms with Crippen molar-refractivity contribution >= 4 is 23.9 Å². The lowest BCUT2D eigenvalue weighted by Crippen LogP contribution is -2.60. The lowest BCUT2D eigenvalue weighted by Gasteiger charge is -2.34. The van der Waals surface area contributed by atoms with E-state index in [4.69, 9.17) is 14.2 Å². The molecule has 0 aromatic heterocycles. The molecule has 0 bridgehead atoms. The standard InChI is InChI=1S/C28H43NO8/c1-7-11-13-24(30)35-22-16-15-21(17-23(22)36-25(31)14-12-8-2)18-28(27(33)34,29-20(6)10-4)37-26(32)19(5)9-3/h15-17,19-20,29H,7-14,18H2,1-6H3,(H,33,34)/t19?,20?,28-/m0/s1. The quantitative estimate of drug-likeness (QED) is 0.162. The molecule has 2 unspecified atom stereocenters. The van der Waals surface area contributed by atoms with Gasteiger partial charge in [0.05, 0.1) is 5.92 Å². The molecule has 0 heterocycles. The first-order chi connectivity index (χ1) is 17.5. The highest BCUT2D eigenvalue weighted by Gasteiger charge is 2.44. The maximum absolute atomic E-state index is 12.7. The molecular weight excluding hydrogens is 478 g/mol. The third-order valence-corrected chi connectivity index (χ3v) is 6.10. The average Bonchev–Trinajstić information content (AvgIpc) is 2.86. The first-order valence-corrected chi connectivity index (χ1v) is 13.3. The van der Waals surface area contributed by atoms with Crippen molar-refractivity contribution in [2.45, 2.75) is 111 Å². The molecule has 208 valence electrons. The number of carbonyl (C=O) groups excluding carboxylic acids is 3. The van der Waals surface area contributed by atoms with Gasteiger partial charge in [0.25, 0.3) is 5.72 Å². The number of carboxylic acid groups (broad SMARTS) is 1. The highest BCUT2D eigenvalue weighted by Crippen LogP contribution is 2.32. The van der Waals surface area contributed by atoms with Gasteiger partial charge in [0.1, 0.15) is 0 Å². The fourth-order valence-electron chi connectivity index (χ4n) is 3.34. The summed E-state index contributed by atoms with van der Waals surface area (Å²) in [6.07, 6.45) is 4.18. The van der Waals surface area contributed by atoms with Gasteiger partial charge in [0.2, 0.25) is 0 Å². The Kier molecular flexibility index (Phi) is 13.9. The van der Waals surface area contributed by atoms with Crippen molar-refractivity contribution in [3.05, 3.63) is 23.8 Å². The van der Waals surface area contributed by atoms with E-state index in [0.717, 1.165) is 12.8 Å². The summed E-state index contributed by atoms with van der Waals surface area (Å²) >= 11 is 0. The van der Waals surface area contributed by atoms with Crippen LogP contribution >= 0.6 is 0 Å². The SMILES string of the molecule is CCCCC(=O)Oc1ccc(C[C@](NC(C)CC)(OC(=O)C(C)CC)C(=O)O)cc1OC(=O)CCCC. The molecule has 0 radical (unpaired) electrons. The van der Waals surface area contributed by atoms with Crippen LogP contribution in [0.4, 0.5) is 0 Å². The number of esters is 3. The van der Waals surface area contributed by atoms with Crippen molar-refractivity contribution in [1.29, 1.82) is 0 Å². The number of aliphatic carboxylic acids is 1. The van der Waals surface area contributed by atoms with E-state index in [1.165, 1.54) is 12.1 Å². The number of carboxylic acids is 1. The molecule has 0 saturated heterocycles. The van der Waals surface area contributed by atoms with E-state index in [9.17, 15) is 24.3 Å². The Labute approximate surface area is 220 Å². The Morgan fingerprint density at radius 1 is 0.892 bits per heavy atom. The highest BCUT2D eigenvalue weighted by atomic mass is 16.6. The molecule has 2 N–H and O–H groups in total. The number of benzene rings is 1. The number of hydrogen-bond acceptors (Lipinski definition) is 8. The zero-order chi connectivity index (χ0) is 28.0. The summed E-state index contributed by atoms with van der Waals surface area (Å²) in [5, 5.41) is 13.2. The van der Waals surface area contributed by atoms with Gasteiger partial charge in [-0.3, -0.25) is 19.7 Å². The average molecular weight is 522 g/mol. The number of rotatable bonds is 17. The minimum atomic E-state index is -2.04. The molecule has 9 nitrogen and oxygen atoms in total. The number of nitrogens with one attached hydrogen (secondary N) is 1. The molecule has 1 rings (SSSR count). The van der Waals surface area contributed by atoms with Crippen molar-refractivity contribution in [3.8, 4) is 11.5 Å². The molecule has 0 aliphatic heterocycles. The molecule has 0 fully saturated rings. The number of carbonyl (C=O) groups is 4. The molecule has 1 aromatic rings. The summed E-state index contributed by atoms with van der Waals surface area (Å²) in [7, 11) is 0. The van der Waals surface area contributed by atoms with Crippen LogP contribution in [0, 0.1) is 5.92 Å². The van der Waals surface area contributed by atoms with Crippen LogP contribution in [-0.2, 0) is 30.3 Å². The van der Waals surface area contributed by atoms with Gasteiger partial charge in [0, 0.05) is 25.3 Å². The Morgan fingerprint density at radius 3 is 1.95 bits per heavy atom. The van der Waals surface area contributed by atoms with Crippen LogP contribution in [-0.4, -0.2) is 40.8 Å². The first-order valence-electron chi connectivity index (χ1n) is 13.3. The second kappa shape index (κ2) is 16.0. The van der Waals surface area contributed by atoms with Crippen molar-refractivity contribution in [3.63, 3.8) is 0 Å². The number of ether oxygens (including phenoxy) is 3. The van der Waals surface area contributed by atoms with Gasteiger partial charge >= 0.3 is 23.9 Å². The second-order valence-electron chi connectivity index (χ2n) is 9.43. The smallest absolute Gasteiger partial charge is 0.364 e.